The van der Waals surface area contributed by atoms with Gasteiger partial charge in [-0.1, -0.05) is 20.8 Å². The number of amides is 2. The van der Waals surface area contributed by atoms with Gasteiger partial charge in [0.05, 0.1) is 25.5 Å². The van der Waals surface area contributed by atoms with E-state index in [1.165, 1.54) is 16.8 Å². The topological polar surface area (TPSA) is 118 Å². The lowest BCUT2D eigenvalue weighted by Gasteiger charge is -2.34. The smallest absolute Gasteiger partial charge is 0.291 e. The van der Waals surface area contributed by atoms with Gasteiger partial charge in [-0.25, -0.2) is 0 Å². The number of hydrogen-bond acceptors (Lipinski definition) is 6. The fourth-order valence-corrected chi connectivity index (χ4v) is 4.09. The summed E-state index contributed by atoms with van der Waals surface area (Å²) in [5.41, 5.74) is -0.159. The molecule has 10 nitrogen and oxygen atoms in total. The number of aromatic hydroxyl groups is 1. The molecule has 1 aliphatic heterocycles. The molecule has 1 saturated carbocycles. The van der Waals surface area contributed by atoms with Crippen molar-refractivity contribution in [3.63, 3.8) is 0 Å². The van der Waals surface area contributed by atoms with Crippen molar-refractivity contribution in [3.05, 3.63) is 33.8 Å². The van der Waals surface area contributed by atoms with Crippen LogP contribution >= 0.6 is 0 Å². The number of ether oxygens (including phenoxy) is 1. The summed E-state index contributed by atoms with van der Waals surface area (Å²) in [7, 11) is 0. The van der Waals surface area contributed by atoms with Crippen molar-refractivity contribution < 1.29 is 19.4 Å². The monoisotopic (exact) mass is 457 g/mol. The Morgan fingerprint density at radius 1 is 1.36 bits per heavy atom. The zero-order valence-corrected chi connectivity index (χ0v) is 19.3. The largest absolute Gasteiger partial charge is 0.494 e. The molecule has 2 aromatic heterocycles. The average Bonchev–Trinajstić information content (AvgIpc) is 3.50. The van der Waals surface area contributed by atoms with Crippen molar-refractivity contribution in [2.75, 3.05) is 19.8 Å². The highest BCUT2D eigenvalue weighted by molar-refractivity contribution is 5.97. The summed E-state index contributed by atoms with van der Waals surface area (Å²) in [6, 6.07) is 0.0651. The van der Waals surface area contributed by atoms with Crippen molar-refractivity contribution in [3.8, 4) is 5.88 Å². The maximum atomic E-state index is 13.1. The van der Waals surface area contributed by atoms with Crippen molar-refractivity contribution >= 4 is 23.5 Å². The summed E-state index contributed by atoms with van der Waals surface area (Å²) < 4.78 is 8.11. The van der Waals surface area contributed by atoms with Gasteiger partial charge >= 0.3 is 0 Å². The second-order valence-corrected chi connectivity index (χ2v) is 9.09. The Kier molecular flexibility index (Phi) is 6.55. The summed E-state index contributed by atoms with van der Waals surface area (Å²) >= 11 is 0. The number of nitrogens with one attached hydrogen (secondary N) is 1. The van der Waals surface area contributed by atoms with Gasteiger partial charge < -0.3 is 20.1 Å². The molecule has 33 heavy (non-hydrogen) atoms. The van der Waals surface area contributed by atoms with Crippen LogP contribution in [0.2, 0.25) is 0 Å². The lowest BCUT2D eigenvalue weighted by molar-refractivity contribution is -0.134. The van der Waals surface area contributed by atoms with Crippen LogP contribution in [-0.4, -0.2) is 67.8 Å². The quantitative estimate of drug-likeness (QED) is 0.607. The molecule has 2 aliphatic rings. The van der Waals surface area contributed by atoms with E-state index in [0.717, 1.165) is 23.8 Å². The van der Waals surface area contributed by atoms with Gasteiger partial charge in [-0.15, -0.1) is 0 Å². The Balaban J connectivity index is 1.74. The highest BCUT2D eigenvalue weighted by Crippen LogP contribution is 2.24. The molecule has 4 rings (SSSR count). The molecule has 3 heterocycles. The number of rotatable bonds is 7. The van der Waals surface area contributed by atoms with Gasteiger partial charge in [0, 0.05) is 30.8 Å². The molecular formula is C23H31N5O5. The minimum Gasteiger partial charge on any atom is -0.494 e. The lowest BCUT2D eigenvalue weighted by atomic mass is 10.1. The summed E-state index contributed by atoms with van der Waals surface area (Å²) in [5.74, 6) is -1.01. The van der Waals surface area contributed by atoms with Gasteiger partial charge in [0.25, 0.3) is 11.5 Å². The average molecular weight is 458 g/mol. The number of hydrogen-bond donors (Lipinski definition) is 2. The van der Waals surface area contributed by atoms with E-state index < -0.39 is 11.5 Å². The predicted octanol–water partition coefficient (Wildman–Crippen LogP) is 1.40. The van der Waals surface area contributed by atoms with Gasteiger partial charge in [-0.3, -0.25) is 19.0 Å². The number of morpholine rings is 1. The number of aromatic nitrogens is 3. The first-order chi connectivity index (χ1) is 15.8. The van der Waals surface area contributed by atoms with Crippen LogP contribution in [0.15, 0.2) is 17.1 Å². The fraction of sp³-hybridized carbons (Fsp3) is 0.565. The Bertz CT molecular complexity index is 1140. The fourth-order valence-electron chi connectivity index (χ4n) is 4.09. The highest BCUT2D eigenvalue weighted by Gasteiger charge is 2.30. The molecule has 178 valence electrons. The van der Waals surface area contributed by atoms with E-state index in [1.807, 2.05) is 20.8 Å². The standard InChI is InChI=1S/C23H31N5O5/c1-4-17-13-33-10-9-26(17)18(29)8-5-15-11-24-28-21(15)27(12-14(2)3)22(31)19(23(28)32)20(30)25-16-6-7-16/h5,8,11,14,16-17,31H,4,6-7,9-10,12-13H2,1-3H3,(H,25,30). The van der Waals surface area contributed by atoms with Crippen LogP contribution in [0.5, 0.6) is 5.88 Å². The maximum Gasteiger partial charge on any atom is 0.291 e. The number of fused-ring (bicyclic) bond motifs is 1. The Morgan fingerprint density at radius 3 is 2.79 bits per heavy atom. The molecule has 10 heteroatoms. The van der Waals surface area contributed by atoms with Gasteiger partial charge in [0.1, 0.15) is 5.65 Å². The molecule has 0 radical (unpaired) electrons. The van der Waals surface area contributed by atoms with Crippen molar-refractivity contribution in [1.29, 1.82) is 0 Å². The van der Waals surface area contributed by atoms with Crippen LogP contribution in [0.25, 0.3) is 11.7 Å². The zero-order chi connectivity index (χ0) is 23.7. The van der Waals surface area contributed by atoms with Crippen LogP contribution < -0.4 is 10.9 Å². The molecule has 2 aromatic rings. The molecule has 2 N–H and O–H groups in total. The first-order valence-corrected chi connectivity index (χ1v) is 11.5. The van der Waals surface area contributed by atoms with E-state index in [4.69, 9.17) is 4.74 Å². The van der Waals surface area contributed by atoms with E-state index >= 15 is 0 Å². The third-order valence-corrected chi connectivity index (χ3v) is 5.99. The van der Waals surface area contributed by atoms with Crippen molar-refractivity contribution in [2.24, 2.45) is 5.92 Å². The summed E-state index contributed by atoms with van der Waals surface area (Å²) in [4.78, 5) is 40.4. The molecule has 0 spiro atoms. The molecule has 2 fully saturated rings. The number of nitrogens with zero attached hydrogens (tertiary/aromatic N) is 4. The van der Waals surface area contributed by atoms with Crippen LogP contribution in [0, 0.1) is 5.92 Å². The van der Waals surface area contributed by atoms with Crippen LogP contribution in [0.4, 0.5) is 0 Å². The minimum atomic E-state index is -0.689. The molecule has 1 unspecified atom stereocenters. The Hall–Kier alpha value is -3.14. The number of carbonyl (C=O) groups excluding carboxylic acids is 2. The van der Waals surface area contributed by atoms with Crippen LogP contribution in [0.3, 0.4) is 0 Å². The Labute approximate surface area is 191 Å². The van der Waals surface area contributed by atoms with Crippen molar-refractivity contribution in [1.82, 2.24) is 24.4 Å². The molecule has 0 aromatic carbocycles. The first-order valence-electron chi connectivity index (χ1n) is 11.5. The third kappa shape index (κ3) is 4.66. The summed E-state index contributed by atoms with van der Waals surface area (Å²) in [6.07, 6.45) is 7.05. The predicted molar refractivity (Wildman–Crippen MR) is 122 cm³/mol. The van der Waals surface area contributed by atoms with E-state index in [1.54, 1.807) is 11.0 Å². The Morgan fingerprint density at radius 2 is 2.12 bits per heavy atom. The molecule has 0 bridgehead atoms. The normalized spacial score (nSPS) is 19.0. The molecule has 1 saturated heterocycles. The lowest BCUT2D eigenvalue weighted by Crippen LogP contribution is -2.47. The summed E-state index contributed by atoms with van der Waals surface area (Å²) in [5, 5.41) is 17.9. The highest BCUT2D eigenvalue weighted by atomic mass is 16.5. The SMILES string of the molecule is CCC1COCCN1C(=O)C=Cc1cnn2c(=O)c(C(=O)NC3CC3)c(O)n(CC(C)C)c12. The maximum absolute atomic E-state index is 13.1. The van der Waals surface area contributed by atoms with E-state index in [2.05, 4.69) is 10.4 Å². The van der Waals surface area contributed by atoms with Crippen LogP contribution in [-0.2, 0) is 16.1 Å². The first kappa shape index (κ1) is 23.0. The molecule has 1 atom stereocenters. The molecule has 1 aliphatic carbocycles. The molecular weight excluding hydrogens is 426 g/mol. The van der Waals surface area contributed by atoms with Gasteiger partial charge in [-0.2, -0.15) is 9.61 Å². The van der Waals surface area contributed by atoms with Gasteiger partial charge in [0.15, 0.2) is 5.56 Å². The number of carbonyl (C=O) groups is 2. The third-order valence-electron chi connectivity index (χ3n) is 5.99. The van der Waals surface area contributed by atoms with E-state index in [0.29, 0.717) is 37.5 Å². The molecule has 2 amide bonds. The van der Waals surface area contributed by atoms with Gasteiger partial charge in [0.2, 0.25) is 11.8 Å². The second-order valence-electron chi connectivity index (χ2n) is 9.09. The van der Waals surface area contributed by atoms with E-state index in [-0.39, 0.29) is 35.4 Å². The summed E-state index contributed by atoms with van der Waals surface area (Å²) in [6.45, 7) is 7.85. The van der Waals surface area contributed by atoms with Crippen molar-refractivity contribution in [2.45, 2.75) is 58.7 Å². The van der Waals surface area contributed by atoms with Gasteiger partial charge in [-0.05, 0) is 31.3 Å². The second kappa shape index (κ2) is 9.38. The van der Waals surface area contributed by atoms with Crippen LogP contribution in [0.1, 0.15) is 56.0 Å². The minimum absolute atomic E-state index is 0.0236. The zero-order valence-electron chi connectivity index (χ0n) is 19.3. The van der Waals surface area contributed by atoms with E-state index in [9.17, 15) is 19.5 Å².